The number of nitrogens with zero attached hydrogens (tertiary/aromatic N) is 2. The maximum absolute atomic E-state index is 14.8. The molecule has 2 aliphatic carbocycles. The minimum absolute atomic E-state index is 0.293. The van der Waals surface area contributed by atoms with E-state index < -0.39 is 0 Å². The lowest BCUT2D eigenvalue weighted by Gasteiger charge is -2.29. The SMILES string of the molecule is Fc1ccc(N(c2ccc3ccc4c(N(c5ccc(F)cc5)c5cccc6c5oc5c(C7CCCC7)cccc56)ccc5ccc2c3c54)c2cccc3c2oc2c(C4CCCC4)cccc23)cc1. The molecule has 0 aliphatic heterocycles. The second-order valence-corrected chi connectivity index (χ2v) is 19.1. The van der Waals surface area contributed by atoms with Crippen LogP contribution in [0.4, 0.5) is 42.9 Å². The molecular weight excluding hydrogens is 843 g/mol. The Morgan fingerprint density at radius 3 is 1.12 bits per heavy atom. The lowest BCUT2D eigenvalue weighted by atomic mass is 9.91. The van der Waals surface area contributed by atoms with Crippen LogP contribution >= 0.6 is 0 Å². The number of fused-ring (bicyclic) bond motifs is 6. The van der Waals surface area contributed by atoms with E-state index in [0.29, 0.717) is 11.8 Å². The van der Waals surface area contributed by atoms with Crippen molar-refractivity contribution in [3.8, 4) is 0 Å². The molecule has 0 saturated heterocycles. The topological polar surface area (TPSA) is 32.8 Å². The number of halogens is 2. The number of benzene rings is 10. The van der Waals surface area contributed by atoms with E-state index in [9.17, 15) is 8.78 Å². The molecular formula is C62H46F2N2O2. The molecule has 4 nitrogen and oxygen atoms in total. The van der Waals surface area contributed by atoms with Gasteiger partial charge >= 0.3 is 0 Å². The van der Waals surface area contributed by atoms with Gasteiger partial charge in [-0.15, -0.1) is 0 Å². The van der Waals surface area contributed by atoms with Gasteiger partial charge in [0.2, 0.25) is 0 Å². The van der Waals surface area contributed by atoms with Gasteiger partial charge < -0.3 is 18.6 Å². The number of hydrogen-bond donors (Lipinski definition) is 0. The molecule has 2 heterocycles. The zero-order valence-corrected chi connectivity index (χ0v) is 37.4. The van der Waals surface area contributed by atoms with Crippen LogP contribution in [-0.2, 0) is 0 Å². The first-order valence-corrected chi connectivity index (χ1v) is 24.3. The predicted octanol–water partition coefficient (Wildman–Crippen LogP) is 18.9. The van der Waals surface area contributed by atoms with Gasteiger partial charge in [0.15, 0.2) is 11.2 Å². The Hall–Kier alpha value is -7.70. The Morgan fingerprint density at radius 2 is 0.706 bits per heavy atom. The Balaban J connectivity index is 0.999. The van der Waals surface area contributed by atoms with Crippen LogP contribution in [0.1, 0.15) is 74.3 Å². The van der Waals surface area contributed by atoms with Gasteiger partial charge in [0, 0.05) is 43.7 Å². The van der Waals surface area contributed by atoms with Crippen LogP contribution in [0, 0.1) is 11.6 Å². The summed E-state index contributed by atoms with van der Waals surface area (Å²) < 4.78 is 43.7. The average molecular weight is 889 g/mol. The molecule has 2 aromatic heterocycles. The van der Waals surface area contributed by atoms with E-state index in [0.717, 1.165) is 110 Å². The Bertz CT molecular complexity index is 3660. The van der Waals surface area contributed by atoms with Crippen molar-refractivity contribution in [1.29, 1.82) is 0 Å². The maximum atomic E-state index is 14.8. The van der Waals surface area contributed by atoms with Crippen LogP contribution < -0.4 is 9.80 Å². The normalized spacial score (nSPS) is 14.9. The largest absolute Gasteiger partial charge is 0.454 e. The van der Waals surface area contributed by atoms with Gasteiger partial charge in [0.1, 0.15) is 22.8 Å². The Morgan fingerprint density at radius 1 is 0.338 bits per heavy atom. The van der Waals surface area contributed by atoms with Gasteiger partial charge in [-0.3, -0.25) is 0 Å². The molecule has 68 heavy (non-hydrogen) atoms. The molecule has 2 saturated carbocycles. The summed E-state index contributed by atoms with van der Waals surface area (Å²) in [5, 5.41) is 10.9. The zero-order chi connectivity index (χ0) is 45.0. The summed E-state index contributed by atoms with van der Waals surface area (Å²) in [6.45, 7) is 0. The number of furan rings is 2. The number of anilines is 6. The summed E-state index contributed by atoms with van der Waals surface area (Å²) in [6.07, 6.45) is 9.66. The summed E-state index contributed by atoms with van der Waals surface area (Å²) in [7, 11) is 0. The van der Waals surface area contributed by atoms with Gasteiger partial charge in [0.25, 0.3) is 0 Å². The average Bonchev–Trinajstić information content (AvgIpc) is 4.23. The third-order valence-electron chi connectivity index (χ3n) is 15.4. The van der Waals surface area contributed by atoms with Crippen LogP contribution in [0.3, 0.4) is 0 Å². The fraction of sp³-hybridized carbons (Fsp3) is 0.161. The van der Waals surface area contributed by atoms with Gasteiger partial charge in [-0.25, -0.2) is 8.78 Å². The molecule has 14 rings (SSSR count). The lowest BCUT2D eigenvalue weighted by molar-refractivity contribution is 0.627. The smallest absolute Gasteiger partial charge is 0.159 e. The number of hydrogen-bond acceptors (Lipinski definition) is 4. The molecule has 330 valence electrons. The molecule has 10 aromatic carbocycles. The van der Waals surface area contributed by atoms with Crippen molar-refractivity contribution < 1.29 is 17.6 Å². The summed E-state index contributed by atoms with van der Waals surface area (Å²) in [4.78, 5) is 4.47. The summed E-state index contributed by atoms with van der Waals surface area (Å²) in [5.41, 5.74) is 11.4. The molecule has 2 fully saturated rings. The third kappa shape index (κ3) is 6.02. The van der Waals surface area contributed by atoms with Crippen molar-refractivity contribution in [2.24, 2.45) is 0 Å². The van der Waals surface area contributed by atoms with Gasteiger partial charge in [0.05, 0.1) is 22.7 Å². The Kier molecular flexibility index (Phi) is 8.95. The highest BCUT2D eigenvalue weighted by Gasteiger charge is 2.28. The van der Waals surface area contributed by atoms with Crippen molar-refractivity contribution >= 4 is 110 Å². The number of rotatable bonds is 8. The van der Waals surface area contributed by atoms with Crippen LogP contribution in [-0.4, -0.2) is 0 Å². The minimum atomic E-state index is -0.293. The van der Waals surface area contributed by atoms with E-state index in [-0.39, 0.29) is 11.6 Å². The fourth-order valence-corrected chi connectivity index (χ4v) is 12.3. The van der Waals surface area contributed by atoms with Crippen LogP contribution in [0.15, 0.2) is 179 Å². The molecule has 6 heteroatoms. The van der Waals surface area contributed by atoms with Crippen molar-refractivity contribution in [1.82, 2.24) is 0 Å². The van der Waals surface area contributed by atoms with Crippen LogP contribution in [0.5, 0.6) is 0 Å². The van der Waals surface area contributed by atoms with Crippen molar-refractivity contribution in [3.63, 3.8) is 0 Å². The van der Waals surface area contributed by atoms with Crippen molar-refractivity contribution in [2.75, 3.05) is 9.80 Å². The standard InChI is InChI=1S/C62H46F2N2O2/c63-41-25-29-43(30-26-41)65(55-19-7-17-49-47-15-5-13-45(37-9-1-2-10-37)59(47)67-61(49)55)53-35-23-39-22-34-52-54(36-24-40-21-33-51(53)57(39)58(40)52)66(44-31-27-42(64)28-32-44)56-20-8-18-50-48-16-6-14-46(38-11-3-4-12-38)60(48)68-62(50)56/h5-8,13-38H,1-4,9-12H2. The van der Waals surface area contributed by atoms with Gasteiger partial charge in [-0.1, -0.05) is 123 Å². The second-order valence-electron chi connectivity index (χ2n) is 19.1. The lowest BCUT2D eigenvalue weighted by Crippen LogP contribution is -2.12. The third-order valence-corrected chi connectivity index (χ3v) is 15.4. The second kappa shape index (κ2) is 15.4. The Labute approximate surface area is 391 Å². The van der Waals surface area contributed by atoms with E-state index in [1.54, 1.807) is 0 Å². The molecule has 0 spiro atoms. The van der Waals surface area contributed by atoms with Crippen molar-refractivity contribution in [3.05, 3.63) is 193 Å². The first-order valence-electron chi connectivity index (χ1n) is 24.3. The van der Waals surface area contributed by atoms with Gasteiger partial charge in [-0.2, -0.15) is 0 Å². The summed E-state index contributed by atoms with van der Waals surface area (Å²) in [5.74, 6) is 0.382. The molecule has 2 aliphatic rings. The highest BCUT2D eigenvalue weighted by atomic mass is 19.1. The quantitative estimate of drug-likeness (QED) is 0.142. The van der Waals surface area contributed by atoms with Crippen LogP contribution in [0.2, 0.25) is 0 Å². The van der Waals surface area contributed by atoms with Crippen molar-refractivity contribution in [2.45, 2.75) is 63.2 Å². The molecule has 0 radical (unpaired) electrons. The fourth-order valence-electron chi connectivity index (χ4n) is 12.3. The molecule has 0 amide bonds. The molecule has 0 unspecified atom stereocenters. The summed E-state index contributed by atoms with van der Waals surface area (Å²) >= 11 is 0. The summed E-state index contributed by atoms with van der Waals surface area (Å²) in [6, 6.07) is 57.1. The van der Waals surface area contributed by atoms with Crippen LogP contribution in [0.25, 0.3) is 76.2 Å². The predicted molar refractivity (Wildman–Crippen MR) is 276 cm³/mol. The molecule has 0 N–H and O–H groups in total. The molecule has 0 bridgehead atoms. The zero-order valence-electron chi connectivity index (χ0n) is 37.4. The maximum Gasteiger partial charge on any atom is 0.159 e. The molecule has 12 aromatic rings. The van der Waals surface area contributed by atoms with E-state index in [1.807, 2.05) is 24.3 Å². The minimum Gasteiger partial charge on any atom is -0.454 e. The number of para-hydroxylation sites is 4. The first-order chi connectivity index (χ1) is 33.6. The highest BCUT2D eigenvalue weighted by molar-refractivity contribution is 6.28. The van der Waals surface area contributed by atoms with E-state index in [2.05, 4.69) is 131 Å². The first kappa shape index (κ1) is 39.5. The van der Waals surface area contributed by atoms with E-state index >= 15 is 0 Å². The molecule has 0 atom stereocenters. The van der Waals surface area contributed by atoms with E-state index in [1.165, 1.54) is 86.8 Å². The highest BCUT2D eigenvalue weighted by Crippen LogP contribution is 2.52. The monoisotopic (exact) mass is 888 g/mol. The van der Waals surface area contributed by atoms with E-state index in [4.69, 9.17) is 8.83 Å². The van der Waals surface area contributed by atoms with Gasteiger partial charge in [-0.05, 0) is 143 Å².